The van der Waals surface area contributed by atoms with Crippen LogP contribution in [0.15, 0.2) is 53.3 Å². The first-order valence-electron chi connectivity index (χ1n) is 22.3. The predicted molar refractivity (Wildman–Crippen MR) is 229 cm³/mol. The number of imide groups is 1. The molecule has 1 aromatic heterocycles. The molecule has 11 rings (SSSR count). The number of nitrogens with zero attached hydrogens (tertiary/aromatic N) is 5. The average molecular weight is 829 g/mol. The molecule has 1 saturated carbocycles. The van der Waals surface area contributed by atoms with Crippen molar-refractivity contribution in [1.82, 2.24) is 29.6 Å². The van der Waals surface area contributed by atoms with Crippen molar-refractivity contribution in [3.63, 3.8) is 0 Å². The number of carbonyl (C=O) groups is 3. The van der Waals surface area contributed by atoms with E-state index in [-0.39, 0.29) is 40.5 Å². The SMILES string of the molecule is CC1(C)c2ccc(C3CCN(CC4CCC(N5CCC6(CC5)COc5c6ccc6c5CN([C@H]5CCC(=O)NC5=O)C6=O)CC4)CC3)cc2-n2c1nc(=O)c1c(Cl)cccc12. The molecular formula is C48H53ClN6O5. The highest BCUT2D eigenvalue weighted by Crippen LogP contribution is 2.50. The van der Waals surface area contributed by atoms with Crippen molar-refractivity contribution in [3.8, 4) is 11.4 Å². The third kappa shape index (κ3) is 6.00. The second-order valence-corrected chi connectivity index (χ2v) is 19.7. The maximum atomic E-state index is 13.4. The number of halogens is 1. The van der Waals surface area contributed by atoms with E-state index in [2.05, 4.69) is 62.8 Å². The minimum atomic E-state index is -0.620. The van der Waals surface area contributed by atoms with Crippen molar-refractivity contribution < 1.29 is 19.1 Å². The van der Waals surface area contributed by atoms with Crippen LogP contribution in [0, 0.1) is 5.92 Å². The fraction of sp³-hybridized carbons (Fsp3) is 0.521. The Kier molecular flexibility index (Phi) is 9.10. The molecule has 312 valence electrons. The van der Waals surface area contributed by atoms with Gasteiger partial charge in [0.15, 0.2) is 0 Å². The second-order valence-electron chi connectivity index (χ2n) is 19.3. The highest BCUT2D eigenvalue weighted by atomic mass is 35.5. The number of piperidine rings is 3. The summed E-state index contributed by atoms with van der Waals surface area (Å²) in [6, 6.07) is 16.7. The van der Waals surface area contributed by atoms with Crippen molar-refractivity contribution >= 4 is 40.2 Å². The first-order valence-corrected chi connectivity index (χ1v) is 22.6. The van der Waals surface area contributed by atoms with Crippen LogP contribution < -0.4 is 15.6 Å². The van der Waals surface area contributed by atoms with E-state index in [1.807, 2.05) is 18.2 Å². The maximum absolute atomic E-state index is 13.4. The molecule has 1 N–H and O–H groups in total. The van der Waals surface area contributed by atoms with E-state index in [1.165, 1.54) is 48.9 Å². The van der Waals surface area contributed by atoms with Gasteiger partial charge >= 0.3 is 0 Å². The van der Waals surface area contributed by atoms with Gasteiger partial charge in [0.1, 0.15) is 17.6 Å². The zero-order valence-corrected chi connectivity index (χ0v) is 35.4. The van der Waals surface area contributed by atoms with Crippen LogP contribution in [0.1, 0.15) is 122 Å². The van der Waals surface area contributed by atoms with Gasteiger partial charge in [-0.05, 0) is 145 Å². The van der Waals surface area contributed by atoms with Crippen LogP contribution >= 0.6 is 11.6 Å². The lowest BCUT2D eigenvalue weighted by molar-refractivity contribution is -0.136. The Morgan fingerprint density at radius 1 is 0.883 bits per heavy atom. The fourth-order valence-electron chi connectivity index (χ4n) is 12.2. The quantitative estimate of drug-likeness (QED) is 0.224. The van der Waals surface area contributed by atoms with Crippen LogP contribution in [-0.2, 0) is 27.0 Å². The molecule has 0 bridgehead atoms. The zero-order chi connectivity index (χ0) is 41.1. The van der Waals surface area contributed by atoms with Gasteiger partial charge < -0.3 is 19.4 Å². The summed E-state index contributed by atoms with van der Waals surface area (Å²) in [5, 5.41) is 3.34. The number of fused-ring (bicyclic) bond motifs is 9. The van der Waals surface area contributed by atoms with Crippen molar-refractivity contribution in [2.24, 2.45) is 5.92 Å². The molecule has 60 heavy (non-hydrogen) atoms. The van der Waals surface area contributed by atoms with Crippen LogP contribution in [0.5, 0.6) is 5.75 Å². The van der Waals surface area contributed by atoms with E-state index in [1.54, 1.807) is 11.0 Å². The van der Waals surface area contributed by atoms with E-state index in [9.17, 15) is 19.2 Å². The molecule has 3 saturated heterocycles. The Morgan fingerprint density at radius 3 is 2.42 bits per heavy atom. The lowest BCUT2D eigenvalue weighted by Crippen LogP contribution is -2.52. The van der Waals surface area contributed by atoms with Crippen LogP contribution in [0.3, 0.4) is 0 Å². The van der Waals surface area contributed by atoms with Crippen molar-refractivity contribution in [2.75, 3.05) is 39.3 Å². The predicted octanol–water partition coefficient (Wildman–Crippen LogP) is 6.60. The van der Waals surface area contributed by atoms with Crippen molar-refractivity contribution in [3.05, 3.63) is 97.5 Å². The minimum absolute atomic E-state index is 0.0312. The Labute approximate surface area is 355 Å². The summed E-state index contributed by atoms with van der Waals surface area (Å²) >= 11 is 6.53. The molecule has 7 aliphatic rings. The lowest BCUT2D eigenvalue weighted by Gasteiger charge is -2.44. The highest BCUT2D eigenvalue weighted by Gasteiger charge is 2.48. The average Bonchev–Trinajstić information content (AvgIpc) is 3.85. The number of carbonyl (C=O) groups excluding carboxylic acids is 3. The number of rotatable bonds is 5. The molecule has 7 heterocycles. The first-order chi connectivity index (χ1) is 29.0. The van der Waals surface area contributed by atoms with Gasteiger partial charge in [-0.2, -0.15) is 4.98 Å². The molecule has 1 spiro atoms. The molecule has 6 aliphatic heterocycles. The Balaban J connectivity index is 0.684. The van der Waals surface area contributed by atoms with Gasteiger partial charge in [-0.15, -0.1) is 0 Å². The number of hydrogen-bond acceptors (Lipinski definition) is 8. The summed E-state index contributed by atoms with van der Waals surface area (Å²) in [7, 11) is 0. The van der Waals surface area contributed by atoms with Gasteiger partial charge in [-0.1, -0.05) is 35.9 Å². The minimum Gasteiger partial charge on any atom is -0.492 e. The molecule has 0 unspecified atom stereocenters. The van der Waals surface area contributed by atoms with Gasteiger partial charge in [0, 0.05) is 41.1 Å². The third-order valence-corrected chi connectivity index (χ3v) is 16.1. The largest absolute Gasteiger partial charge is 0.492 e. The number of aromatic nitrogens is 2. The molecule has 3 aromatic carbocycles. The molecule has 0 radical (unpaired) electrons. The summed E-state index contributed by atoms with van der Waals surface area (Å²) in [6.07, 6.45) is 10.1. The van der Waals surface area contributed by atoms with E-state index in [0.717, 1.165) is 86.1 Å². The van der Waals surface area contributed by atoms with Crippen LogP contribution in [0.2, 0.25) is 5.02 Å². The number of amides is 3. The molecule has 1 atom stereocenters. The Bertz CT molecular complexity index is 2530. The summed E-state index contributed by atoms with van der Waals surface area (Å²) in [5.74, 6) is 2.09. The van der Waals surface area contributed by atoms with Gasteiger partial charge in [-0.3, -0.25) is 29.1 Å². The van der Waals surface area contributed by atoms with Gasteiger partial charge in [-0.25, -0.2) is 0 Å². The van der Waals surface area contributed by atoms with Crippen LogP contribution in [0.25, 0.3) is 16.6 Å². The molecule has 12 heteroatoms. The maximum Gasteiger partial charge on any atom is 0.282 e. The van der Waals surface area contributed by atoms with Gasteiger partial charge in [0.25, 0.3) is 11.5 Å². The number of nitrogens with one attached hydrogen (secondary N) is 1. The van der Waals surface area contributed by atoms with E-state index >= 15 is 0 Å². The second kappa shape index (κ2) is 14.2. The topological polar surface area (TPSA) is 117 Å². The first kappa shape index (κ1) is 38.3. The summed E-state index contributed by atoms with van der Waals surface area (Å²) in [5.41, 5.74) is 6.61. The number of likely N-dealkylation sites (tertiary alicyclic amines) is 2. The summed E-state index contributed by atoms with van der Waals surface area (Å²) in [6.45, 7) is 10.9. The normalized spacial score (nSPS) is 26.2. The molecule has 3 amide bonds. The number of hydrogen-bond donors (Lipinski definition) is 1. The number of benzene rings is 3. The highest BCUT2D eigenvalue weighted by molar-refractivity contribution is 6.35. The molecule has 4 aromatic rings. The standard InChI is InChI=1S/C48H53ClN6O5/c1-47(2)34-12-8-30(24-39(34)55-37-5-3-4-36(49)41(37)44(58)51-46(47)55)29-16-20-52(21-17-29)25-28-6-9-31(10-7-28)53-22-18-48(19-23-53)27-60-42-33-26-54(38-14-15-40(56)50-43(38)57)45(59)32(33)11-13-35(42)48/h3-5,8,11-13,24,28-29,31,38H,6-7,9-10,14-23,25-27H2,1-2H3,(H,50,56,57)/t28?,31?,38-/m0/s1. The monoisotopic (exact) mass is 828 g/mol. The lowest BCUT2D eigenvalue weighted by atomic mass is 9.73. The van der Waals surface area contributed by atoms with Crippen LogP contribution in [-0.4, -0.2) is 93.4 Å². The van der Waals surface area contributed by atoms with Crippen molar-refractivity contribution in [2.45, 2.75) is 113 Å². The van der Waals surface area contributed by atoms with E-state index < -0.39 is 6.04 Å². The molecule has 1 aliphatic carbocycles. The molecule has 4 fully saturated rings. The van der Waals surface area contributed by atoms with Crippen molar-refractivity contribution in [1.29, 1.82) is 0 Å². The Morgan fingerprint density at radius 2 is 1.65 bits per heavy atom. The van der Waals surface area contributed by atoms with Crippen LogP contribution in [0.4, 0.5) is 0 Å². The Hall–Kier alpha value is -4.58. The summed E-state index contributed by atoms with van der Waals surface area (Å²) < 4.78 is 8.62. The van der Waals surface area contributed by atoms with Gasteiger partial charge in [0.2, 0.25) is 11.8 Å². The molecule has 11 nitrogen and oxygen atoms in total. The van der Waals surface area contributed by atoms with E-state index in [0.29, 0.717) is 47.5 Å². The summed E-state index contributed by atoms with van der Waals surface area (Å²) in [4.78, 5) is 62.5. The fourth-order valence-corrected chi connectivity index (χ4v) is 12.5. The smallest absolute Gasteiger partial charge is 0.282 e. The van der Waals surface area contributed by atoms with E-state index in [4.69, 9.17) is 16.3 Å². The third-order valence-electron chi connectivity index (χ3n) is 15.8. The zero-order valence-electron chi connectivity index (χ0n) is 34.6. The molecular weight excluding hydrogens is 776 g/mol. The van der Waals surface area contributed by atoms with Gasteiger partial charge in [0.05, 0.1) is 40.2 Å². The number of ether oxygens (including phenoxy) is 1.